The molecule has 5 rings (SSSR count). The van der Waals surface area contributed by atoms with Crippen molar-refractivity contribution in [2.75, 3.05) is 4.90 Å². The van der Waals surface area contributed by atoms with Gasteiger partial charge in [-0.05, 0) is 55.7 Å². The molecule has 1 aliphatic carbocycles. The number of nitriles is 2. The summed E-state index contributed by atoms with van der Waals surface area (Å²) in [6, 6.07) is 14.7. The third kappa shape index (κ3) is 4.22. The summed E-state index contributed by atoms with van der Waals surface area (Å²) in [5, 5.41) is 33.8. The highest BCUT2D eigenvalue weighted by Gasteiger charge is 2.36. The van der Waals surface area contributed by atoms with Crippen LogP contribution in [-0.2, 0) is 0 Å². The molecule has 3 atom stereocenters. The lowest BCUT2D eigenvalue weighted by Gasteiger charge is -2.40. The van der Waals surface area contributed by atoms with Crippen molar-refractivity contribution >= 4 is 22.9 Å². The molecule has 4 aromatic rings. The van der Waals surface area contributed by atoms with Crippen LogP contribution in [0.1, 0.15) is 52.4 Å². The average Bonchev–Trinajstić information content (AvgIpc) is 3.32. The number of aromatic nitrogens is 4. The summed E-state index contributed by atoms with van der Waals surface area (Å²) >= 11 is 0. The van der Waals surface area contributed by atoms with Crippen molar-refractivity contribution in [1.82, 2.24) is 19.6 Å². The Morgan fingerprint density at radius 2 is 1.89 bits per heavy atom. The van der Waals surface area contributed by atoms with Crippen molar-refractivity contribution < 1.29 is 9.90 Å². The second-order valence-corrected chi connectivity index (χ2v) is 8.81. The monoisotopic (exact) mass is 478 g/mol. The van der Waals surface area contributed by atoms with Gasteiger partial charge in [0.05, 0.1) is 40.2 Å². The number of pyridine rings is 2. The first-order valence-electron chi connectivity index (χ1n) is 11.4. The Hall–Kier alpha value is -4.80. The molecule has 0 spiro atoms. The largest absolute Gasteiger partial charge is 0.393 e. The zero-order chi connectivity index (χ0) is 25.2. The van der Waals surface area contributed by atoms with Gasteiger partial charge in [-0.2, -0.15) is 15.6 Å². The highest BCUT2D eigenvalue weighted by molar-refractivity contribution is 5.99. The van der Waals surface area contributed by atoms with E-state index in [0.717, 1.165) is 11.2 Å². The van der Waals surface area contributed by atoms with Crippen molar-refractivity contribution in [2.24, 2.45) is 5.73 Å². The number of aliphatic hydroxyl groups is 1. The number of amides is 1. The standard InChI is InChI=1S/C26H22N8O2/c27-11-16-1-4-25(31-13-16)33(24-5-6-30-15-22(24)26(29)36)20-8-18(9-21(35)10-20)23-3-2-19-7-17(12-28)14-32-34(19)23/h1-7,13-15,18,20-21,35H,8-10H2,(H2,29,36)/t18?,20-,21+/m0/s1. The number of anilines is 2. The lowest BCUT2D eigenvalue weighted by molar-refractivity contribution is 0.1000. The molecule has 0 radical (unpaired) electrons. The second kappa shape index (κ2) is 9.45. The lowest BCUT2D eigenvalue weighted by Crippen LogP contribution is -2.41. The first-order valence-corrected chi connectivity index (χ1v) is 11.4. The molecule has 10 heteroatoms. The van der Waals surface area contributed by atoms with E-state index < -0.39 is 12.0 Å². The maximum atomic E-state index is 12.3. The SMILES string of the molecule is N#Cc1ccc(N(c2ccncc2C(N)=O)[C@H]2CC(c3ccc4cc(C#N)cnn34)C[C@@H](O)C2)nc1. The number of aliphatic hydroxyl groups excluding tert-OH is 1. The number of nitrogens with zero attached hydrogens (tertiary/aromatic N) is 7. The van der Waals surface area contributed by atoms with Crippen LogP contribution in [0, 0.1) is 22.7 Å². The van der Waals surface area contributed by atoms with Crippen LogP contribution in [0.15, 0.2) is 61.2 Å². The maximum absolute atomic E-state index is 12.3. The van der Waals surface area contributed by atoms with E-state index >= 15 is 0 Å². The molecular weight excluding hydrogens is 456 g/mol. The summed E-state index contributed by atoms with van der Waals surface area (Å²) in [4.78, 5) is 22.7. The summed E-state index contributed by atoms with van der Waals surface area (Å²) in [5.74, 6) is -0.154. The van der Waals surface area contributed by atoms with Crippen LogP contribution < -0.4 is 10.6 Å². The molecule has 0 saturated heterocycles. The Kier molecular flexibility index (Phi) is 6.03. The van der Waals surface area contributed by atoms with E-state index in [1.165, 1.54) is 18.6 Å². The molecule has 1 unspecified atom stereocenters. The van der Waals surface area contributed by atoms with Crippen molar-refractivity contribution in [2.45, 2.75) is 37.3 Å². The quantitative estimate of drug-likeness (QED) is 0.443. The Balaban J connectivity index is 1.58. The van der Waals surface area contributed by atoms with Crippen LogP contribution in [0.3, 0.4) is 0 Å². The number of rotatable bonds is 5. The summed E-state index contributed by atoms with van der Waals surface area (Å²) in [7, 11) is 0. The highest BCUT2D eigenvalue weighted by atomic mass is 16.3. The van der Waals surface area contributed by atoms with Crippen molar-refractivity contribution in [1.29, 1.82) is 10.5 Å². The predicted molar refractivity (Wildman–Crippen MR) is 130 cm³/mol. The summed E-state index contributed by atoms with van der Waals surface area (Å²) in [6.45, 7) is 0. The molecule has 0 bridgehead atoms. The fourth-order valence-electron chi connectivity index (χ4n) is 4.99. The van der Waals surface area contributed by atoms with Gasteiger partial charge in [-0.25, -0.2) is 9.50 Å². The first-order chi connectivity index (χ1) is 17.5. The average molecular weight is 479 g/mol. The van der Waals surface area contributed by atoms with Gasteiger partial charge in [0, 0.05) is 36.2 Å². The molecular formula is C26H22N8O2. The maximum Gasteiger partial charge on any atom is 0.252 e. The molecule has 1 aliphatic rings. The number of hydrogen-bond acceptors (Lipinski definition) is 8. The summed E-state index contributed by atoms with van der Waals surface area (Å²) in [6.07, 6.45) is 6.99. The number of carbonyl (C=O) groups is 1. The van der Waals surface area contributed by atoms with Gasteiger partial charge in [0.15, 0.2) is 0 Å². The number of nitrogens with two attached hydrogens (primary N) is 1. The summed E-state index contributed by atoms with van der Waals surface area (Å²) in [5.41, 5.74) is 9.05. The summed E-state index contributed by atoms with van der Waals surface area (Å²) < 4.78 is 1.80. The van der Waals surface area contributed by atoms with Gasteiger partial charge in [0.2, 0.25) is 0 Å². The van der Waals surface area contributed by atoms with Crippen LogP contribution in [0.5, 0.6) is 0 Å². The molecule has 4 heterocycles. The molecule has 0 aromatic carbocycles. The lowest BCUT2D eigenvalue weighted by atomic mass is 9.81. The van der Waals surface area contributed by atoms with Gasteiger partial charge in [-0.15, -0.1) is 0 Å². The predicted octanol–water partition coefficient (Wildman–Crippen LogP) is 2.80. The molecule has 4 aromatic heterocycles. The third-order valence-corrected chi connectivity index (χ3v) is 6.55. The zero-order valence-electron chi connectivity index (χ0n) is 19.2. The minimum atomic E-state index is -0.625. The Morgan fingerprint density at radius 3 is 2.61 bits per heavy atom. The van der Waals surface area contributed by atoms with Gasteiger partial charge in [-0.3, -0.25) is 9.78 Å². The second-order valence-electron chi connectivity index (χ2n) is 8.81. The number of hydrogen-bond donors (Lipinski definition) is 2. The fourth-order valence-corrected chi connectivity index (χ4v) is 4.99. The van der Waals surface area contributed by atoms with Gasteiger partial charge in [0.25, 0.3) is 5.91 Å². The smallest absolute Gasteiger partial charge is 0.252 e. The minimum Gasteiger partial charge on any atom is -0.393 e. The Labute approximate surface area is 206 Å². The van der Waals surface area contributed by atoms with Crippen molar-refractivity contribution in [3.63, 3.8) is 0 Å². The minimum absolute atomic E-state index is 0.0542. The van der Waals surface area contributed by atoms with Crippen molar-refractivity contribution in [3.8, 4) is 12.1 Å². The van der Waals surface area contributed by atoms with Gasteiger partial charge < -0.3 is 15.7 Å². The van der Waals surface area contributed by atoms with E-state index in [4.69, 9.17) is 5.73 Å². The molecule has 10 nitrogen and oxygen atoms in total. The normalized spacial score (nSPS) is 19.4. The molecule has 1 amide bonds. The van der Waals surface area contributed by atoms with Crippen LogP contribution in [0.2, 0.25) is 0 Å². The molecule has 178 valence electrons. The highest BCUT2D eigenvalue weighted by Crippen LogP contribution is 2.40. The van der Waals surface area contributed by atoms with Crippen LogP contribution in [0.25, 0.3) is 5.52 Å². The van der Waals surface area contributed by atoms with Crippen LogP contribution >= 0.6 is 0 Å². The van der Waals surface area contributed by atoms with E-state index in [1.807, 2.05) is 17.0 Å². The molecule has 0 aliphatic heterocycles. The molecule has 1 fully saturated rings. The van der Waals surface area contributed by atoms with Crippen molar-refractivity contribution in [3.05, 3.63) is 83.6 Å². The molecule has 36 heavy (non-hydrogen) atoms. The number of carbonyl (C=O) groups excluding carboxylic acids is 1. The number of primary amides is 1. The van der Waals surface area contributed by atoms with Gasteiger partial charge >= 0.3 is 0 Å². The molecule has 1 saturated carbocycles. The Bertz CT molecular complexity index is 1520. The van der Waals surface area contributed by atoms with Gasteiger partial charge in [-0.1, -0.05) is 0 Å². The van der Waals surface area contributed by atoms with E-state index in [-0.39, 0.29) is 17.5 Å². The van der Waals surface area contributed by atoms with E-state index in [9.17, 15) is 20.4 Å². The van der Waals surface area contributed by atoms with Crippen LogP contribution in [-0.4, -0.2) is 42.7 Å². The fraction of sp³-hybridized carbons (Fsp3) is 0.231. The van der Waals surface area contributed by atoms with E-state index in [0.29, 0.717) is 41.9 Å². The van der Waals surface area contributed by atoms with Crippen LogP contribution in [0.4, 0.5) is 11.5 Å². The zero-order valence-corrected chi connectivity index (χ0v) is 19.2. The van der Waals surface area contributed by atoms with E-state index in [1.54, 1.807) is 35.0 Å². The Morgan fingerprint density at radius 1 is 1.06 bits per heavy atom. The molecule has 3 N–H and O–H groups in total. The number of fused-ring (bicyclic) bond motifs is 1. The topological polar surface area (TPSA) is 157 Å². The third-order valence-electron chi connectivity index (χ3n) is 6.55. The first kappa shape index (κ1) is 23.0. The van der Waals surface area contributed by atoms with Gasteiger partial charge in [0.1, 0.15) is 18.0 Å². The van der Waals surface area contributed by atoms with E-state index in [2.05, 4.69) is 27.2 Å².